The summed E-state index contributed by atoms with van der Waals surface area (Å²) in [4.78, 5) is 20.5. The molecule has 0 aromatic carbocycles. The van der Waals surface area contributed by atoms with E-state index in [1.807, 2.05) is 18.4 Å². The van der Waals surface area contributed by atoms with Gasteiger partial charge in [-0.05, 0) is 24.8 Å². The average Bonchev–Trinajstić information content (AvgIpc) is 2.84. The Kier molecular flexibility index (Phi) is 4.46. The van der Waals surface area contributed by atoms with E-state index in [1.54, 1.807) is 17.7 Å². The summed E-state index contributed by atoms with van der Waals surface area (Å²) in [6.45, 7) is 2.94. The molecule has 0 amide bonds. The summed E-state index contributed by atoms with van der Waals surface area (Å²) in [7, 11) is 0. The Hall–Kier alpha value is -1.69. The molecule has 6 heteroatoms. The first kappa shape index (κ1) is 12.8. The number of thiophene rings is 1. The topological polar surface area (TPSA) is 64.1 Å². The van der Waals surface area contributed by atoms with Crippen molar-refractivity contribution in [1.82, 2.24) is 9.97 Å². The quantitative estimate of drug-likeness (QED) is 0.642. The zero-order chi connectivity index (χ0) is 12.8. The van der Waals surface area contributed by atoms with Crippen LogP contribution in [-0.2, 0) is 9.53 Å². The number of hydrogen-bond donors (Lipinski definition) is 1. The van der Waals surface area contributed by atoms with Gasteiger partial charge in [0, 0.05) is 13.0 Å². The normalized spacial score (nSPS) is 10.5. The van der Waals surface area contributed by atoms with E-state index in [0.717, 1.165) is 22.5 Å². The van der Waals surface area contributed by atoms with Gasteiger partial charge in [0.2, 0.25) is 0 Å². The van der Waals surface area contributed by atoms with Crippen molar-refractivity contribution in [2.24, 2.45) is 0 Å². The summed E-state index contributed by atoms with van der Waals surface area (Å²) >= 11 is 1.59. The van der Waals surface area contributed by atoms with Gasteiger partial charge < -0.3 is 10.1 Å². The molecule has 0 fully saturated rings. The number of hydrogen-bond acceptors (Lipinski definition) is 6. The molecule has 0 radical (unpaired) electrons. The van der Waals surface area contributed by atoms with Gasteiger partial charge in [0.25, 0.3) is 0 Å². The highest BCUT2D eigenvalue weighted by Crippen LogP contribution is 2.23. The fraction of sp³-hybridized carbons (Fsp3) is 0.417. The van der Waals surface area contributed by atoms with E-state index in [1.165, 1.54) is 0 Å². The third-order valence-electron chi connectivity index (χ3n) is 2.42. The van der Waals surface area contributed by atoms with Gasteiger partial charge in [-0.15, -0.1) is 11.3 Å². The number of nitrogens with one attached hydrogen (secondary N) is 1. The van der Waals surface area contributed by atoms with Crippen LogP contribution in [0.5, 0.6) is 0 Å². The second-order valence-corrected chi connectivity index (χ2v) is 4.59. The van der Waals surface area contributed by atoms with E-state index in [4.69, 9.17) is 4.74 Å². The van der Waals surface area contributed by atoms with Gasteiger partial charge in [0.15, 0.2) is 0 Å². The van der Waals surface area contributed by atoms with Crippen molar-refractivity contribution in [3.8, 4) is 0 Å². The van der Waals surface area contributed by atoms with Crippen LogP contribution < -0.4 is 5.32 Å². The van der Waals surface area contributed by atoms with Crippen LogP contribution >= 0.6 is 11.3 Å². The number of fused-ring (bicyclic) bond motifs is 1. The van der Waals surface area contributed by atoms with Gasteiger partial charge in [0.1, 0.15) is 17.0 Å². The molecule has 5 nitrogen and oxygen atoms in total. The van der Waals surface area contributed by atoms with Gasteiger partial charge in [-0.3, -0.25) is 4.79 Å². The Morgan fingerprint density at radius 3 is 3.22 bits per heavy atom. The summed E-state index contributed by atoms with van der Waals surface area (Å²) < 4.78 is 4.86. The third kappa shape index (κ3) is 3.16. The lowest BCUT2D eigenvalue weighted by atomic mass is 10.3. The zero-order valence-electron chi connectivity index (χ0n) is 10.2. The molecule has 0 aliphatic heterocycles. The fourth-order valence-electron chi connectivity index (χ4n) is 1.60. The number of esters is 1. The predicted octanol–water partition coefficient (Wildman–Crippen LogP) is 2.45. The second kappa shape index (κ2) is 6.30. The highest BCUT2D eigenvalue weighted by molar-refractivity contribution is 7.16. The molecule has 0 saturated heterocycles. The maximum atomic E-state index is 11.2. The molecule has 2 heterocycles. The molecular weight excluding hydrogens is 250 g/mol. The summed E-state index contributed by atoms with van der Waals surface area (Å²) in [5.74, 6) is 0.674. The minimum Gasteiger partial charge on any atom is -0.466 e. The Labute approximate surface area is 109 Å². The SMILES string of the molecule is CCOC(=O)CCCNc1ncnc2sccc12. The maximum Gasteiger partial charge on any atom is 0.305 e. The largest absolute Gasteiger partial charge is 0.466 e. The van der Waals surface area contributed by atoms with E-state index >= 15 is 0 Å². The maximum absolute atomic E-state index is 11.2. The zero-order valence-corrected chi connectivity index (χ0v) is 11.0. The lowest BCUT2D eigenvalue weighted by Gasteiger charge is -2.06. The molecule has 1 N–H and O–H groups in total. The molecule has 0 atom stereocenters. The number of anilines is 1. The molecule has 0 bridgehead atoms. The van der Waals surface area contributed by atoms with E-state index in [-0.39, 0.29) is 5.97 Å². The van der Waals surface area contributed by atoms with Crippen LogP contribution in [-0.4, -0.2) is 29.1 Å². The monoisotopic (exact) mass is 265 g/mol. The molecule has 2 rings (SSSR count). The molecule has 0 aliphatic rings. The Bertz CT molecular complexity index is 527. The number of carbonyl (C=O) groups excluding carboxylic acids is 1. The molecule has 0 unspecified atom stereocenters. The Morgan fingerprint density at radius 2 is 2.39 bits per heavy atom. The van der Waals surface area contributed by atoms with Gasteiger partial charge >= 0.3 is 5.97 Å². The molecule has 18 heavy (non-hydrogen) atoms. The fourth-order valence-corrected chi connectivity index (χ4v) is 2.34. The first-order valence-corrected chi connectivity index (χ1v) is 6.77. The van der Waals surface area contributed by atoms with Crippen molar-refractivity contribution in [3.63, 3.8) is 0 Å². The summed E-state index contributed by atoms with van der Waals surface area (Å²) in [6.07, 6.45) is 2.71. The first-order chi connectivity index (χ1) is 8.81. The third-order valence-corrected chi connectivity index (χ3v) is 3.24. The number of ether oxygens (including phenoxy) is 1. The molecule has 0 spiro atoms. The second-order valence-electron chi connectivity index (χ2n) is 3.70. The van der Waals surface area contributed by atoms with Gasteiger partial charge in [-0.2, -0.15) is 0 Å². The number of nitrogens with zero attached hydrogens (tertiary/aromatic N) is 2. The van der Waals surface area contributed by atoms with Crippen LogP contribution in [0.15, 0.2) is 17.8 Å². The minimum absolute atomic E-state index is 0.150. The van der Waals surface area contributed by atoms with Gasteiger partial charge in [-0.25, -0.2) is 9.97 Å². The van der Waals surface area contributed by atoms with Crippen molar-refractivity contribution in [2.45, 2.75) is 19.8 Å². The van der Waals surface area contributed by atoms with Crippen molar-refractivity contribution >= 4 is 33.3 Å². The van der Waals surface area contributed by atoms with Crippen molar-refractivity contribution < 1.29 is 9.53 Å². The van der Waals surface area contributed by atoms with Crippen molar-refractivity contribution in [1.29, 1.82) is 0 Å². The molecule has 0 aliphatic carbocycles. The first-order valence-electron chi connectivity index (χ1n) is 5.89. The highest BCUT2D eigenvalue weighted by Gasteiger charge is 2.05. The standard InChI is InChI=1S/C12H15N3O2S/c1-2-17-10(16)4-3-6-13-11-9-5-7-18-12(9)15-8-14-11/h5,7-8H,2-4,6H2,1H3,(H,13,14,15). The van der Waals surface area contributed by atoms with Crippen LogP contribution in [0.4, 0.5) is 5.82 Å². The molecular formula is C12H15N3O2S. The number of aromatic nitrogens is 2. The van der Waals surface area contributed by atoms with Crippen molar-refractivity contribution in [2.75, 3.05) is 18.5 Å². The lowest BCUT2D eigenvalue weighted by Crippen LogP contribution is -2.09. The van der Waals surface area contributed by atoms with Gasteiger partial charge in [0.05, 0.1) is 12.0 Å². The van der Waals surface area contributed by atoms with Crippen LogP contribution in [0, 0.1) is 0 Å². The van der Waals surface area contributed by atoms with Crippen LogP contribution in [0.2, 0.25) is 0 Å². The van der Waals surface area contributed by atoms with E-state index in [2.05, 4.69) is 15.3 Å². The molecule has 0 saturated carbocycles. The molecule has 2 aromatic heterocycles. The van der Waals surface area contributed by atoms with E-state index < -0.39 is 0 Å². The lowest BCUT2D eigenvalue weighted by molar-refractivity contribution is -0.143. The Morgan fingerprint density at radius 1 is 1.50 bits per heavy atom. The number of rotatable bonds is 6. The summed E-state index contributed by atoms with van der Waals surface area (Å²) in [5, 5.41) is 6.23. The average molecular weight is 265 g/mol. The summed E-state index contributed by atoms with van der Waals surface area (Å²) in [6, 6.07) is 1.99. The van der Waals surface area contributed by atoms with E-state index in [9.17, 15) is 4.79 Å². The van der Waals surface area contributed by atoms with Crippen molar-refractivity contribution in [3.05, 3.63) is 17.8 Å². The van der Waals surface area contributed by atoms with E-state index in [0.29, 0.717) is 19.6 Å². The smallest absolute Gasteiger partial charge is 0.305 e. The predicted molar refractivity (Wildman–Crippen MR) is 71.8 cm³/mol. The summed E-state index contributed by atoms with van der Waals surface area (Å²) in [5.41, 5.74) is 0. The Balaban J connectivity index is 1.83. The number of carbonyl (C=O) groups is 1. The highest BCUT2D eigenvalue weighted by atomic mass is 32.1. The minimum atomic E-state index is -0.150. The molecule has 96 valence electrons. The van der Waals surface area contributed by atoms with Gasteiger partial charge in [-0.1, -0.05) is 0 Å². The van der Waals surface area contributed by atoms with Crippen LogP contribution in [0.25, 0.3) is 10.2 Å². The van der Waals surface area contributed by atoms with Crippen LogP contribution in [0.3, 0.4) is 0 Å². The molecule has 2 aromatic rings. The van der Waals surface area contributed by atoms with Crippen LogP contribution in [0.1, 0.15) is 19.8 Å².